The van der Waals surface area contributed by atoms with E-state index in [2.05, 4.69) is 26.0 Å². The first-order valence-electron chi connectivity index (χ1n) is 11.1. The number of nitrogens with zero attached hydrogens (tertiary/aromatic N) is 5. The van der Waals surface area contributed by atoms with Crippen LogP contribution >= 0.6 is 11.8 Å². The lowest BCUT2D eigenvalue weighted by molar-refractivity contribution is -0.122. The second-order valence-corrected chi connectivity index (χ2v) is 9.20. The van der Waals surface area contributed by atoms with Crippen LogP contribution < -0.4 is 10.6 Å². The van der Waals surface area contributed by atoms with Crippen molar-refractivity contribution in [2.45, 2.75) is 56.8 Å². The molecule has 172 valence electrons. The Morgan fingerprint density at radius 2 is 1.91 bits per heavy atom. The van der Waals surface area contributed by atoms with Crippen LogP contribution in [0.15, 0.2) is 40.0 Å². The first-order chi connectivity index (χ1) is 16.1. The number of carbonyl (C=O) groups is 2. The molecule has 0 radical (unpaired) electrons. The van der Waals surface area contributed by atoms with Crippen LogP contribution in [0.25, 0.3) is 16.8 Å². The maximum atomic E-state index is 12.8. The van der Waals surface area contributed by atoms with Crippen LogP contribution in [-0.4, -0.2) is 47.9 Å². The van der Waals surface area contributed by atoms with Crippen molar-refractivity contribution in [2.75, 3.05) is 11.1 Å². The normalized spacial score (nSPS) is 14.7. The second-order valence-electron chi connectivity index (χ2n) is 8.25. The Labute approximate surface area is 194 Å². The van der Waals surface area contributed by atoms with E-state index in [0.29, 0.717) is 22.5 Å². The molecule has 0 atom stereocenters. The van der Waals surface area contributed by atoms with E-state index in [0.717, 1.165) is 36.7 Å². The summed E-state index contributed by atoms with van der Waals surface area (Å²) in [7, 11) is 0. The SMILES string of the molecule is Cc1cc(NC(=O)CSc2nnc3n(CC(=O)NC4CCCCC4)c4ccccc4n23)no1. The number of nitrogens with one attached hydrogen (secondary N) is 2. The van der Waals surface area contributed by atoms with Gasteiger partial charge >= 0.3 is 0 Å². The number of benzene rings is 1. The van der Waals surface area contributed by atoms with Gasteiger partial charge in [0.15, 0.2) is 11.0 Å². The molecule has 1 saturated carbocycles. The minimum atomic E-state index is -0.222. The van der Waals surface area contributed by atoms with Gasteiger partial charge in [-0.25, -0.2) is 0 Å². The molecule has 0 aliphatic heterocycles. The number of aromatic nitrogens is 5. The van der Waals surface area contributed by atoms with Gasteiger partial charge < -0.3 is 15.2 Å². The molecular formula is C22H25N7O3S. The van der Waals surface area contributed by atoms with Gasteiger partial charge in [-0.3, -0.25) is 18.6 Å². The number of thioether (sulfide) groups is 1. The average molecular weight is 468 g/mol. The zero-order valence-corrected chi connectivity index (χ0v) is 19.1. The van der Waals surface area contributed by atoms with E-state index in [4.69, 9.17) is 4.52 Å². The molecule has 1 aliphatic rings. The van der Waals surface area contributed by atoms with E-state index in [1.807, 2.05) is 33.2 Å². The van der Waals surface area contributed by atoms with E-state index in [1.165, 1.54) is 18.2 Å². The van der Waals surface area contributed by atoms with Gasteiger partial charge in [-0.15, -0.1) is 10.2 Å². The molecule has 33 heavy (non-hydrogen) atoms. The van der Waals surface area contributed by atoms with E-state index in [1.54, 1.807) is 13.0 Å². The van der Waals surface area contributed by atoms with Gasteiger partial charge in [-0.05, 0) is 31.9 Å². The molecule has 0 unspecified atom stereocenters. The summed E-state index contributed by atoms with van der Waals surface area (Å²) in [5.41, 5.74) is 1.78. The molecule has 4 aromatic rings. The average Bonchev–Trinajstić information content (AvgIpc) is 3.49. The summed E-state index contributed by atoms with van der Waals surface area (Å²) in [6, 6.07) is 9.70. The number of rotatable bonds is 7. The van der Waals surface area contributed by atoms with Crippen LogP contribution in [0.1, 0.15) is 37.9 Å². The lowest BCUT2D eigenvalue weighted by atomic mass is 9.95. The van der Waals surface area contributed by atoms with Crippen molar-refractivity contribution in [1.82, 2.24) is 29.6 Å². The molecule has 10 nitrogen and oxygen atoms in total. The molecule has 3 aromatic heterocycles. The summed E-state index contributed by atoms with van der Waals surface area (Å²) in [6.07, 6.45) is 5.64. The summed E-state index contributed by atoms with van der Waals surface area (Å²) in [5, 5.41) is 18.8. The first kappa shape index (κ1) is 21.5. The Hall–Kier alpha value is -3.34. The van der Waals surface area contributed by atoms with Crippen molar-refractivity contribution < 1.29 is 14.1 Å². The molecule has 0 spiro atoms. The lowest BCUT2D eigenvalue weighted by Crippen LogP contribution is -2.38. The van der Waals surface area contributed by atoms with Crippen LogP contribution in [0.4, 0.5) is 5.82 Å². The third kappa shape index (κ3) is 4.58. The Kier molecular flexibility index (Phi) is 6.03. The molecule has 3 heterocycles. The van der Waals surface area contributed by atoms with Crippen molar-refractivity contribution in [3.05, 3.63) is 36.1 Å². The van der Waals surface area contributed by atoms with Crippen molar-refractivity contribution in [3.63, 3.8) is 0 Å². The Morgan fingerprint density at radius 1 is 1.12 bits per heavy atom. The second kappa shape index (κ2) is 9.26. The zero-order valence-electron chi connectivity index (χ0n) is 18.3. The molecule has 1 aliphatic carbocycles. The highest BCUT2D eigenvalue weighted by molar-refractivity contribution is 7.99. The van der Waals surface area contributed by atoms with Crippen LogP contribution in [0.3, 0.4) is 0 Å². The van der Waals surface area contributed by atoms with Gasteiger partial charge in [0.25, 0.3) is 0 Å². The molecule has 0 bridgehead atoms. The minimum Gasteiger partial charge on any atom is -0.360 e. The molecular weight excluding hydrogens is 442 g/mol. The van der Waals surface area contributed by atoms with Crippen molar-refractivity contribution in [3.8, 4) is 0 Å². The number of fused-ring (bicyclic) bond motifs is 3. The number of amides is 2. The molecule has 5 rings (SSSR count). The van der Waals surface area contributed by atoms with Gasteiger partial charge in [0, 0.05) is 12.1 Å². The summed E-state index contributed by atoms with van der Waals surface area (Å²) in [4.78, 5) is 25.1. The van der Waals surface area contributed by atoms with Crippen LogP contribution in [0.2, 0.25) is 0 Å². The highest BCUT2D eigenvalue weighted by Crippen LogP contribution is 2.26. The summed E-state index contributed by atoms with van der Waals surface area (Å²) in [6.45, 7) is 1.93. The van der Waals surface area contributed by atoms with Crippen LogP contribution in [0, 0.1) is 6.92 Å². The molecule has 1 fully saturated rings. The number of hydrogen-bond acceptors (Lipinski definition) is 7. The van der Waals surface area contributed by atoms with Gasteiger partial charge in [-0.1, -0.05) is 48.3 Å². The number of anilines is 1. The lowest BCUT2D eigenvalue weighted by Gasteiger charge is -2.22. The third-order valence-corrected chi connectivity index (χ3v) is 6.70. The third-order valence-electron chi connectivity index (χ3n) is 5.77. The summed E-state index contributed by atoms with van der Waals surface area (Å²) < 4.78 is 8.74. The fraction of sp³-hybridized carbons (Fsp3) is 0.409. The molecule has 2 N–H and O–H groups in total. The number of aryl methyl sites for hydroxylation is 1. The van der Waals surface area contributed by atoms with E-state index < -0.39 is 0 Å². The molecule has 0 saturated heterocycles. The minimum absolute atomic E-state index is 0.0235. The number of carbonyl (C=O) groups excluding carboxylic acids is 2. The number of para-hydroxylation sites is 2. The van der Waals surface area contributed by atoms with Crippen molar-refractivity contribution >= 4 is 46.2 Å². The maximum absolute atomic E-state index is 12.8. The highest BCUT2D eigenvalue weighted by atomic mass is 32.2. The van der Waals surface area contributed by atoms with Crippen LogP contribution in [0.5, 0.6) is 0 Å². The maximum Gasteiger partial charge on any atom is 0.240 e. The standard InChI is InChI=1S/C22H25N7O3S/c1-14-11-18(27-32-14)24-20(31)13-33-22-26-25-21-28(16-9-5-6-10-17(16)29(21)22)12-19(30)23-15-7-3-2-4-8-15/h5-6,9-11,15H,2-4,7-8,12-13H2,1H3,(H,23,30)(H,24,27,31). The van der Waals surface area contributed by atoms with Gasteiger partial charge in [-0.2, -0.15) is 0 Å². The predicted octanol–water partition coefficient (Wildman–Crippen LogP) is 3.16. The van der Waals surface area contributed by atoms with Crippen molar-refractivity contribution in [1.29, 1.82) is 0 Å². The highest BCUT2D eigenvalue weighted by Gasteiger charge is 2.21. The van der Waals surface area contributed by atoms with Gasteiger partial charge in [0.05, 0.1) is 16.8 Å². The van der Waals surface area contributed by atoms with Gasteiger partial charge in [0.1, 0.15) is 12.3 Å². The topological polar surface area (TPSA) is 119 Å². The predicted molar refractivity (Wildman–Crippen MR) is 124 cm³/mol. The summed E-state index contributed by atoms with van der Waals surface area (Å²) >= 11 is 1.27. The smallest absolute Gasteiger partial charge is 0.240 e. The number of hydrogen-bond donors (Lipinski definition) is 2. The fourth-order valence-electron chi connectivity index (χ4n) is 4.28. The fourth-order valence-corrected chi connectivity index (χ4v) is 5.02. The quantitative estimate of drug-likeness (QED) is 0.401. The molecule has 2 amide bonds. The number of imidazole rings is 1. The molecule has 1 aromatic carbocycles. The molecule has 11 heteroatoms. The Morgan fingerprint density at radius 3 is 2.67 bits per heavy atom. The van der Waals surface area contributed by atoms with E-state index in [9.17, 15) is 9.59 Å². The van der Waals surface area contributed by atoms with E-state index >= 15 is 0 Å². The van der Waals surface area contributed by atoms with Crippen molar-refractivity contribution in [2.24, 2.45) is 0 Å². The monoisotopic (exact) mass is 467 g/mol. The van der Waals surface area contributed by atoms with Crippen LogP contribution in [-0.2, 0) is 16.1 Å². The largest absolute Gasteiger partial charge is 0.360 e. The zero-order chi connectivity index (χ0) is 22.8. The van der Waals surface area contributed by atoms with Gasteiger partial charge in [0.2, 0.25) is 17.6 Å². The Bertz CT molecular complexity index is 1300. The summed E-state index contributed by atoms with van der Waals surface area (Å²) in [5.74, 6) is 1.46. The Balaban J connectivity index is 1.35. The first-order valence-corrected chi connectivity index (χ1v) is 12.0. The van der Waals surface area contributed by atoms with E-state index in [-0.39, 0.29) is 30.2 Å².